The summed E-state index contributed by atoms with van der Waals surface area (Å²) >= 11 is 0. The summed E-state index contributed by atoms with van der Waals surface area (Å²) in [5.74, 6) is 1.51. The Kier molecular flexibility index (Phi) is 4.65. The molecule has 0 unspecified atom stereocenters. The summed E-state index contributed by atoms with van der Waals surface area (Å²) in [6.07, 6.45) is 2.37. The molecule has 5 heteroatoms. The average Bonchev–Trinajstić information content (AvgIpc) is 2.47. The number of aromatic nitrogens is 1. The Balaban J connectivity index is 1.84. The molecule has 0 fully saturated rings. The predicted molar refractivity (Wildman–Crippen MR) is 78.2 cm³/mol. The SMILES string of the molecule is COc1cccc(OCCCn2cc(N)ccc2=O)c1. The molecule has 106 valence electrons. The molecule has 0 saturated carbocycles. The minimum Gasteiger partial charge on any atom is -0.497 e. The van der Waals surface area contributed by atoms with Gasteiger partial charge in [0.2, 0.25) is 0 Å². The van der Waals surface area contributed by atoms with E-state index in [4.69, 9.17) is 15.2 Å². The second kappa shape index (κ2) is 6.65. The summed E-state index contributed by atoms with van der Waals surface area (Å²) in [5.41, 5.74) is 6.18. The minimum absolute atomic E-state index is 0.0550. The molecule has 20 heavy (non-hydrogen) atoms. The van der Waals surface area contributed by atoms with Gasteiger partial charge in [-0.3, -0.25) is 4.79 Å². The van der Waals surface area contributed by atoms with Gasteiger partial charge in [0, 0.05) is 30.6 Å². The van der Waals surface area contributed by atoms with Gasteiger partial charge in [0.1, 0.15) is 11.5 Å². The zero-order chi connectivity index (χ0) is 14.4. The Labute approximate surface area is 117 Å². The van der Waals surface area contributed by atoms with Crippen LogP contribution in [0.15, 0.2) is 47.4 Å². The molecule has 2 N–H and O–H groups in total. The summed E-state index contributed by atoms with van der Waals surface area (Å²) in [6.45, 7) is 1.10. The van der Waals surface area contributed by atoms with E-state index in [0.29, 0.717) is 18.8 Å². The lowest BCUT2D eigenvalue weighted by Gasteiger charge is -2.09. The number of rotatable bonds is 6. The van der Waals surface area contributed by atoms with Gasteiger partial charge in [-0.05, 0) is 24.6 Å². The molecule has 1 heterocycles. The van der Waals surface area contributed by atoms with Crippen molar-refractivity contribution in [1.82, 2.24) is 4.57 Å². The molecule has 5 nitrogen and oxygen atoms in total. The van der Waals surface area contributed by atoms with Gasteiger partial charge < -0.3 is 19.8 Å². The van der Waals surface area contributed by atoms with Crippen LogP contribution in [0.25, 0.3) is 0 Å². The molecule has 0 aliphatic rings. The Hall–Kier alpha value is -2.43. The lowest BCUT2D eigenvalue weighted by atomic mass is 10.3. The predicted octanol–water partition coefficient (Wildman–Crippen LogP) is 1.91. The fourth-order valence-corrected chi connectivity index (χ4v) is 1.84. The molecule has 0 spiro atoms. The molecule has 1 aromatic heterocycles. The first-order valence-corrected chi connectivity index (χ1v) is 6.42. The number of nitrogen functional groups attached to an aromatic ring is 1. The van der Waals surface area contributed by atoms with E-state index in [1.165, 1.54) is 6.07 Å². The van der Waals surface area contributed by atoms with Gasteiger partial charge in [0.05, 0.1) is 13.7 Å². The van der Waals surface area contributed by atoms with Gasteiger partial charge in [-0.15, -0.1) is 0 Å². The van der Waals surface area contributed by atoms with Crippen LogP contribution in [-0.2, 0) is 6.54 Å². The molecular weight excluding hydrogens is 256 g/mol. The van der Waals surface area contributed by atoms with Crippen molar-refractivity contribution in [1.29, 1.82) is 0 Å². The average molecular weight is 274 g/mol. The van der Waals surface area contributed by atoms with Crippen LogP contribution in [-0.4, -0.2) is 18.3 Å². The number of nitrogens with two attached hydrogens (primary N) is 1. The zero-order valence-electron chi connectivity index (χ0n) is 11.4. The zero-order valence-corrected chi connectivity index (χ0v) is 11.4. The lowest BCUT2D eigenvalue weighted by molar-refractivity contribution is 0.299. The van der Waals surface area contributed by atoms with Crippen LogP contribution in [0.3, 0.4) is 0 Å². The summed E-state index contributed by atoms with van der Waals surface area (Å²) in [5, 5.41) is 0. The first kappa shape index (κ1) is 14.0. The standard InChI is InChI=1S/C15H18N2O3/c1-19-13-4-2-5-14(10-13)20-9-3-8-17-11-12(16)6-7-15(17)18/h2,4-7,10-11H,3,8-9,16H2,1H3. The van der Waals surface area contributed by atoms with Crippen molar-refractivity contribution in [3.63, 3.8) is 0 Å². The Morgan fingerprint density at radius 1 is 1.20 bits per heavy atom. The number of pyridine rings is 1. The van der Waals surface area contributed by atoms with E-state index in [2.05, 4.69) is 0 Å². The quantitative estimate of drug-likeness (QED) is 0.817. The summed E-state index contributed by atoms with van der Waals surface area (Å²) in [7, 11) is 1.62. The third kappa shape index (κ3) is 3.78. The van der Waals surface area contributed by atoms with E-state index in [1.807, 2.05) is 24.3 Å². The molecule has 0 saturated heterocycles. The third-order valence-corrected chi connectivity index (χ3v) is 2.86. The molecule has 0 bridgehead atoms. The molecule has 2 aromatic rings. The van der Waals surface area contributed by atoms with E-state index < -0.39 is 0 Å². The van der Waals surface area contributed by atoms with Crippen molar-refractivity contribution in [2.24, 2.45) is 0 Å². The molecule has 0 amide bonds. The van der Waals surface area contributed by atoms with Crippen LogP contribution in [0.1, 0.15) is 6.42 Å². The number of benzene rings is 1. The van der Waals surface area contributed by atoms with E-state index in [1.54, 1.807) is 23.9 Å². The fraction of sp³-hybridized carbons (Fsp3) is 0.267. The van der Waals surface area contributed by atoms with Gasteiger partial charge in [0.15, 0.2) is 0 Å². The number of hydrogen-bond donors (Lipinski definition) is 1. The normalized spacial score (nSPS) is 10.2. The van der Waals surface area contributed by atoms with Crippen LogP contribution < -0.4 is 20.8 Å². The fourth-order valence-electron chi connectivity index (χ4n) is 1.84. The summed E-state index contributed by atoms with van der Waals surface area (Å²) in [6, 6.07) is 10.5. The van der Waals surface area contributed by atoms with Crippen molar-refractivity contribution in [3.8, 4) is 11.5 Å². The van der Waals surface area contributed by atoms with Crippen LogP contribution in [0.4, 0.5) is 5.69 Å². The molecule has 0 aliphatic carbocycles. The highest BCUT2D eigenvalue weighted by Gasteiger charge is 1.99. The maximum atomic E-state index is 11.6. The van der Waals surface area contributed by atoms with E-state index in [9.17, 15) is 4.79 Å². The van der Waals surface area contributed by atoms with Crippen molar-refractivity contribution >= 4 is 5.69 Å². The number of aryl methyl sites for hydroxylation is 1. The summed E-state index contributed by atoms with van der Waals surface area (Å²) < 4.78 is 12.3. The van der Waals surface area contributed by atoms with Gasteiger partial charge in [0.25, 0.3) is 5.56 Å². The number of hydrogen-bond acceptors (Lipinski definition) is 4. The van der Waals surface area contributed by atoms with Crippen molar-refractivity contribution in [2.45, 2.75) is 13.0 Å². The van der Waals surface area contributed by atoms with Crippen LogP contribution in [0.2, 0.25) is 0 Å². The largest absolute Gasteiger partial charge is 0.497 e. The molecule has 0 radical (unpaired) electrons. The van der Waals surface area contributed by atoms with Gasteiger partial charge >= 0.3 is 0 Å². The number of nitrogens with zero attached hydrogens (tertiary/aromatic N) is 1. The van der Waals surface area contributed by atoms with Crippen molar-refractivity contribution < 1.29 is 9.47 Å². The third-order valence-electron chi connectivity index (χ3n) is 2.86. The Bertz CT molecular complexity index is 623. The molecule has 0 aliphatic heterocycles. The highest BCUT2D eigenvalue weighted by atomic mass is 16.5. The van der Waals surface area contributed by atoms with Crippen molar-refractivity contribution in [2.75, 3.05) is 19.5 Å². The van der Waals surface area contributed by atoms with Crippen LogP contribution in [0, 0.1) is 0 Å². The van der Waals surface area contributed by atoms with Crippen LogP contribution >= 0.6 is 0 Å². The Morgan fingerprint density at radius 3 is 2.80 bits per heavy atom. The minimum atomic E-state index is -0.0550. The monoisotopic (exact) mass is 274 g/mol. The second-order valence-corrected chi connectivity index (χ2v) is 4.38. The molecular formula is C15H18N2O3. The van der Waals surface area contributed by atoms with E-state index in [-0.39, 0.29) is 5.56 Å². The maximum absolute atomic E-state index is 11.6. The summed E-state index contributed by atoms with van der Waals surface area (Å²) in [4.78, 5) is 11.6. The molecule has 2 rings (SSSR count). The van der Waals surface area contributed by atoms with Gasteiger partial charge in [-0.1, -0.05) is 6.07 Å². The Morgan fingerprint density at radius 2 is 2.00 bits per heavy atom. The van der Waals surface area contributed by atoms with E-state index in [0.717, 1.165) is 17.9 Å². The second-order valence-electron chi connectivity index (χ2n) is 4.38. The number of methoxy groups -OCH3 is 1. The first-order valence-electron chi connectivity index (χ1n) is 6.42. The smallest absolute Gasteiger partial charge is 0.250 e. The van der Waals surface area contributed by atoms with Crippen molar-refractivity contribution in [3.05, 3.63) is 52.9 Å². The maximum Gasteiger partial charge on any atom is 0.250 e. The molecule has 0 atom stereocenters. The molecule has 1 aromatic carbocycles. The number of ether oxygens (including phenoxy) is 2. The highest BCUT2D eigenvalue weighted by molar-refractivity contribution is 5.33. The topological polar surface area (TPSA) is 66.5 Å². The van der Waals surface area contributed by atoms with Gasteiger partial charge in [-0.25, -0.2) is 0 Å². The lowest BCUT2D eigenvalue weighted by Crippen LogP contribution is -2.20. The van der Waals surface area contributed by atoms with E-state index >= 15 is 0 Å². The van der Waals surface area contributed by atoms with Crippen LogP contribution in [0.5, 0.6) is 11.5 Å². The highest BCUT2D eigenvalue weighted by Crippen LogP contribution is 2.18. The number of anilines is 1. The van der Waals surface area contributed by atoms with Gasteiger partial charge in [-0.2, -0.15) is 0 Å². The first-order chi connectivity index (χ1) is 9.69.